The number of benzene rings is 2. The molecule has 21 heavy (non-hydrogen) atoms. The van der Waals surface area contributed by atoms with Crippen LogP contribution in [0.3, 0.4) is 0 Å². The van der Waals surface area contributed by atoms with Gasteiger partial charge in [0.05, 0.1) is 5.02 Å². The fourth-order valence-corrected chi connectivity index (χ4v) is 2.54. The van der Waals surface area contributed by atoms with E-state index in [4.69, 9.17) is 11.6 Å². The molecule has 0 aliphatic heterocycles. The molecule has 0 amide bonds. The minimum atomic E-state index is -0.352. The molecule has 2 aromatic carbocycles. The van der Waals surface area contributed by atoms with Crippen LogP contribution in [0.15, 0.2) is 30.3 Å². The zero-order chi connectivity index (χ0) is 15.0. The molecule has 4 heteroatoms. The van der Waals surface area contributed by atoms with Gasteiger partial charge in [0.2, 0.25) is 0 Å². The number of hydrogen-bond donors (Lipinski definition) is 1. The molecule has 3 rings (SSSR count). The maximum absolute atomic E-state index is 14.2. The summed E-state index contributed by atoms with van der Waals surface area (Å²) in [7, 11) is 0. The number of nitrogens with one attached hydrogen (secondary N) is 1. The summed E-state index contributed by atoms with van der Waals surface area (Å²) < 4.78 is 27.6. The Morgan fingerprint density at radius 2 is 1.90 bits per heavy atom. The van der Waals surface area contributed by atoms with Crippen molar-refractivity contribution in [2.24, 2.45) is 0 Å². The first kappa shape index (κ1) is 14.5. The van der Waals surface area contributed by atoms with Gasteiger partial charge in [-0.25, -0.2) is 8.78 Å². The largest absolute Gasteiger partial charge is 0.310 e. The lowest BCUT2D eigenvalue weighted by Gasteiger charge is -2.10. The standard InChI is InChI=1S/C17H16ClF2N/c1-10-6-14(15(18)8-16(10)19)11-2-3-12(17(20)7-11)9-21-13-4-5-13/h2-3,6-8,13,21H,4-5,9H2,1H3. The zero-order valence-electron chi connectivity index (χ0n) is 11.7. The van der Waals surface area contributed by atoms with Gasteiger partial charge in [-0.05, 0) is 49.1 Å². The molecule has 0 aromatic heterocycles. The van der Waals surface area contributed by atoms with Crippen molar-refractivity contribution < 1.29 is 8.78 Å². The van der Waals surface area contributed by atoms with Gasteiger partial charge in [0, 0.05) is 23.7 Å². The Morgan fingerprint density at radius 1 is 1.14 bits per heavy atom. The smallest absolute Gasteiger partial charge is 0.128 e. The highest BCUT2D eigenvalue weighted by Gasteiger charge is 2.20. The predicted octanol–water partition coefficient (Wildman–Crippen LogP) is 4.85. The van der Waals surface area contributed by atoms with E-state index in [-0.39, 0.29) is 11.6 Å². The average molecular weight is 308 g/mol. The zero-order valence-corrected chi connectivity index (χ0v) is 12.5. The van der Waals surface area contributed by atoms with Crippen molar-refractivity contribution in [2.75, 3.05) is 0 Å². The highest BCUT2D eigenvalue weighted by atomic mass is 35.5. The van der Waals surface area contributed by atoms with Crippen LogP contribution in [-0.4, -0.2) is 6.04 Å². The minimum absolute atomic E-state index is 0.265. The maximum atomic E-state index is 14.2. The third kappa shape index (κ3) is 3.25. The number of rotatable bonds is 4. The van der Waals surface area contributed by atoms with Gasteiger partial charge >= 0.3 is 0 Å². The Labute approximate surface area is 127 Å². The molecule has 0 atom stereocenters. The van der Waals surface area contributed by atoms with Gasteiger partial charge in [-0.2, -0.15) is 0 Å². The van der Waals surface area contributed by atoms with Crippen LogP contribution in [0, 0.1) is 18.6 Å². The normalized spacial score (nSPS) is 14.5. The van der Waals surface area contributed by atoms with Gasteiger partial charge in [-0.1, -0.05) is 23.7 Å². The Morgan fingerprint density at radius 3 is 2.57 bits per heavy atom. The topological polar surface area (TPSA) is 12.0 Å². The minimum Gasteiger partial charge on any atom is -0.310 e. The molecule has 0 unspecified atom stereocenters. The summed E-state index contributed by atoms with van der Waals surface area (Å²) >= 11 is 6.06. The van der Waals surface area contributed by atoms with Crippen LogP contribution in [0.4, 0.5) is 8.78 Å². The van der Waals surface area contributed by atoms with E-state index in [0.717, 1.165) is 0 Å². The maximum Gasteiger partial charge on any atom is 0.128 e. The Balaban J connectivity index is 1.88. The van der Waals surface area contributed by atoms with E-state index in [0.29, 0.717) is 39.9 Å². The summed E-state index contributed by atoms with van der Waals surface area (Å²) in [5, 5.41) is 3.58. The van der Waals surface area contributed by atoms with Crippen molar-refractivity contribution >= 4 is 11.6 Å². The van der Waals surface area contributed by atoms with Crippen molar-refractivity contribution in [2.45, 2.75) is 32.4 Å². The van der Waals surface area contributed by atoms with Crippen LogP contribution < -0.4 is 5.32 Å². The lowest BCUT2D eigenvalue weighted by Crippen LogP contribution is -2.16. The lowest BCUT2D eigenvalue weighted by atomic mass is 10.0. The third-order valence-corrected chi connectivity index (χ3v) is 4.08. The highest BCUT2D eigenvalue weighted by molar-refractivity contribution is 6.33. The Kier molecular flexibility index (Phi) is 3.96. The lowest BCUT2D eigenvalue weighted by molar-refractivity contribution is 0.587. The summed E-state index contributed by atoms with van der Waals surface area (Å²) in [6.45, 7) is 2.20. The van der Waals surface area contributed by atoms with E-state index >= 15 is 0 Å². The van der Waals surface area contributed by atoms with E-state index in [2.05, 4.69) is 5.32 Å². The molecule has 2 aromatic rings. The predicted molar refractivity (Wildman–Crippen MR) is 81.4 cm³/mol. The SMILES string of the molecule is Cc1cc(-c2ccc(CNC3CC3)c(F)c2)c(Cl)cc1F. The molecular formula is C17H16ClF2N. The molecule has 1 saturated carbocycles. The molecule has 1 aliphatic carbocycles. The highest BCUT2D eigenvalue weighted by Crippen LogP contribution is 2.31. The van der Waals surface area contributed by atoms with Gasteiger partial charge in [0.15, 0.2) is 0 Å². The van der Waals surface area contributed by atoms with E-state index in [1.165, 1.54) is 25.0 Å². The first-order chi connectivity index (χ1) is 10.0. The molecule has 1 fully saturated rings. The Bertz CT molecular complexity index is 681. The molecule has 0 heterocycles. The van der Waals surface area contributed by atoms with Crippen molar-refractivity contribution in [3.8, 4) is 11.1 Å². The van der Waals surface area contributed by atoms with Crippen molar-refractivity contribution in [1.29, 1.82) is 0 Å². The summed E-state index contributed by atoms with van der Waals surface area (Å²) in [5.41, 5.74) is 2.45. The fourth-order valence-electron chi connectivity index (χ4n) is 2.28. The van der Waals surface area contributed by atoms with Crippen LogP contribution >= 0.6 is 11.6 Å². The Hall–Kier alpha value is -1.45. The van der Waals surface area contributed by atoms with E-state index in [1.807, 2.05) is 6.07 Å². The summed E-state index contributed by atoms with van der Waals surface area (Å²) in [4.78, 5) is 0. The van der Waals surface area contributed by atoms with Crippen molar-refractivity contribution in [1.82, 2.24) is 5.32 Å². The van der Waals surface area contributed by atoms with Gasteiger partial charge in [0.25, 0.3) is 0 Å². The van der Waals surface area contributed by atoms with E-state index in [9.17, 15) is 8.78 Å². The molecule has 1 nitrogen and oxygen atoms in total. The van der Waals surface area contributed by atoms with Crippen LogP contribution in [0.2, 0.25) is 5.02 Å². The molecule has 1 N–H and O–H groups in total. The molecule has 1 aliphatic rings. The van der Waals surface area contributed by atoms with Crippen LogP contribution in [0.25, 0.3) is 11.1 Å². The van der Waals surface area contributed by atoms with Crippen molar-refractivity contribution in [3.05, 3.63) is 58.1 Å². The second-order valence-electron chi connectivity index (χ2n) is 5.54. The second kappa shape index (κ2) is 5.74. The molecule has 110 valence electrons. The van der Waals surface area contributed by atoms with Gasteiger partial charge in [-0.15, -0.1) is 0 Å². The summed E-state index contributed by atoms with van der Waals surface area (Å²) in [6, 6.07) is 8.50. The third-order valence-electron chi connectivity index (χ3n) is 3.77. The molecule has 0 saturated heterocycles. The van der Waals surface area contributed by atoms with Crippen LogP contribution in [-0.2, 0) is 6.54 Å². The monoisotopic (exact) mass is 307 g/mol. The molecule has 0 radical (unpaired) electrons. The van der Waals surface area contributed by atoms with Crippen molar-refractivity contribution in [3.63, 3.8) is 0 Å². The van der Waals surface area contributed by atoms with E-state index in [1.54, 1.807) is 19.1 Å². The first-order valence-corrected chi connectivity index (χ1v) is 7.40. The van der Waals surface area contributed by atoms with Gasteiger partial charge in [0.1, 0.15) is 11.6 Å². The quantitative estimate of drug-likeness (QED) is 0.852. The number of hydrogen-bond acceptors (Lipinski definition) is 1. The fraction of sp³-hybridized carbons (Fsp3) is 0.294. The van der Waals surface area contributed by atoms with Gasteiger partial charge < -0.3 is 5.32 Å². The summed E-state index contributed by atoms with van der Waals surface area (Å²) in [6.07, 6.45) is 2.34. The second-order valence-corrected chi connectivity index (χ2v) is 5.95. The molecular weight excluding hydrogens is 292 g/mol. The number of halogens is 3. The summed E-state index contributed by atoms with van der Waals surface area (Å²) in [5.74, 6) is -0.617. The number of aryl methyl sites for hydroxylation is 1. The van der Waals surface area contributed by atoms with E-state index < -0.39 is 0 Å². The average Bonchev–Trinajstić information content (AvgIpc) is 3.25. The van der Waals surface area contributed by atoms with Crippen LogP contribution in [0.5, 0.6) is 0 Å². The first-order valence-electron chi connectivity index (χ1n) is 7.02. The molecule has 0 bridgehead atoms. The van der Waals surface area contributed by atoms with Gasteiger partial charge in [-0.3, -0.25) is 0 Å². The molecule has 0 spiro atoms. The van der Waals surface area contributed by atoms with Crippen LogP contribution in [0.1, 0.15) is 24.0 Å².